The second-order valence-corrected chi connectivity index (χ2v) is 6.13. The van der Waals surface area contributed by atoms with Gasteiger partial charge in [0.1, 0.15) is 17.1 Å². The summed E-state index contributed by atoms with van der Waals surface area (Å²) in [6.07, 6.45) is 3.47. The van der Waals surface area contributed by atoms with Crippen molar-refractivity contribution in [2.75, 3.05) is 11.4 Å². The Kier molecular flexibility index (Phi) is 4.90. The fourth-order valence-corrected chi connectivity index (χ4v) is 3.09. The maximum Gasteiger partial charge on any atom is 0.219 e. The fraction of sp³-hybridized carbons (Fsp3) is 0.176. The predicted octanol–water partition coefficient (Wildman–Crippen LogP) is 3.42. The van der Waals surface area contributed by atoms with E-state index in [0.29, 0.717) is 13.1 Å². The second-order valence-electron chi connectivity index (χ2n) is 5.27. The molecule has 0 atom stereocenters. The molecular formula is C17H16FN3O2S. The van der Waals surface area contributed by atoms with E-state index in [1.54, 1.807) is 24.7 Å². The predicted molar refractivity (Wildman–Crippen MR) is 91.1 cm³/mol. The van der Waals surface area contributed by atoms with Gasteiger partial charge in [-0.05, 0) is 30.3 Å². The van der Waals surface area contributed by atoms with Gasteiger partial charge < -0.3 is 15.1 Å². The number of carbonyl (C=O) groups excluding carboxylic acids is 1. The van der Waals surface area contributed by atoms with Crippen molar-refractivity contribution in [3.8, 4) is 10.6 Å². The zero-order valence-corrected chi connectivity index (χ0v) is 13.6. The van der Waals surface area contributed by atoms with E-state index in [-0.39, 0.29) is 18.1 Å². The van der Waals surface area contributed by atoms with Gasteiger partial charge in [-0.3, -0.25) is 4.79 Å². The Morgan fingerprint density at radius 2 is 2.08 bits per heavy atom. The Labute approximate surface area is 142 Å². The standard InChI is InChI=1S/C17H16FN3O2S/c18-13-1-3-15(4-2-13)21(7-5-16(19)22)9-14-11-24-17(20-14)12-6-8-23-10-12/h1-4,6,8,10-11H,5,7,9H2,(H2,19,22). The molecule has 0 spiro atoms. The Morgan fingerprint density at radius 3 is 2.75 bits per heavy atom. The molecule has 1 aromatic carbocycles. The number of nitrogens with two attached hydrogens (primary N) is 1. The molecule has 0 saturated carbocycles. The lowest BCUT2D eigenvalue weighted by Crippen LogP contribution is -2.27. The van der Waals surface area contributed by atoms with E-state index in [2.05, 4.69) is 4.98 Å². The molecule has 5 nitrogen and oxygen atoms in total. The van der Waals surface area contributed by atoms with Gasteiger partial charge in [0, 0.05) is 29.6 Å². The van der Waals surface area contributed by atoms with E-state index in [0.717, 1.165) is 22.0 Å². The van der Waals surface area contributed by atoms with Crippen molar-refractivity contribution in [2.45, 2.75) is 13.0 Å². The lowest BCUT2D eigenvalue weighted by Gasteiger charge is -2.23. The van der Waals surface area contributed by atoms with Gasteiger partial charge in [0.25, 0.3) is 0 Å². The molecule has 2 heterocycles. The van der Waals surface area contributed by atoms with Gasteiger partial charge in [-0.1, -0.05) is 0 Å². The van der Waals surface area contributed by atoms with Crippen LogP contribution in [0.15, 0.2) is 52.7 Å². The van der Waals surface area contributed by atoms with Gasteiger partial charge in [0.15, 0.2) is 0 Å². The van der Waals surface area contributed by atoms with Gasteiger partial charge in [0.05, 0.1) is 18.5 Å². The molecule has 124 valence electrons. The maximum absolute atomic E-state index is 13.1. The topological polar surface area (TPSA) is 72.4 Å². The van der Waals surface area contributed by atoms with Crippen LogP contribution in [0.5, 0.6) is 0 Å². The monoisotopic (exact) mass is 345 g/mol. The third-order valence-electron chi connectivity index (χ3n) is 3.49. The first-order valence-corrected chi connectivity index (χ1v) is 8.25. The molecule has 3 rings (SSSR count). The fourth-order valence-electron chi connectivity index (χ4n) is 2.29. The van der Waals surface area contributed by atoms with Gasteiger partial charge >= 0.3 is 0 Å². The number of nitrogens with zero attached hydrogens (tertiary/aromatic N) is 2. The first-order chi connectivity index (χ1) is 11.6. The number of primary amides is 1. The van der Waals surface area contributed by atoms with Crippen molar-refractivity contribution in [2.24, 2.45) is 5.73 Å². The molecule has 2 N–H and O–H groups in total. The SMILES string of the molecule is NC(=O)CCN(Cc1csc(-c2ccoc2)n1)c1ccc(F)cc1. The number of thiazole rings is 1. The third kappa shape index (κ3) is 3.99. The highest BCUT2D eigenvalue weighted by Gasteiger charge is 2.12. The van der Waals surface area contributed by atoms with Crippen LogP contribution >= 0.6 is 11.3 Å². The first kappa shape index (κ1) is 16.2. The molecule has 0 fully saturated rings. The Balaban J connectivity index is 1.78. The van der Waals surface area contributed by atoms with E-state index in [4.69, 9.17) is 10.2 Å². The van der Waals surface area contributed by atoms with Crippen LogP contribution < -0.4 is 10.6 Å². The number of benzene rings is 1. The molecule has 0 bridgehead atoms. The van der Waals surface area contributed by atoms with Crippen LogP contribution in [0.25, 0.3) is 10.6 Å². The average Bonchev–Trinajstić information content (AvgIpc) is 3.23. The van der Waals surface area contributed by atoms with Crippen molar-refractivity contribution < 1.29 is 13.6 Å². The molecule has 3 aromatic rings. The van der Waals surface area contributed by atoms with Gasteiger partial charge in [-0.25, -0.2) is 9.37 Å². The summed E-state index contributed by atoms with van der Waals surface area (Å²) in [6, 6.07) is 8.00. The Bertz CT molecular complexity index is 800. The van der Waals surface area contributed by atoms with Crippen molar-refractivity contribution in [1.82, 2.24) is 4.98 Å². The third-order valence-corrected chi connectivity index (χ3v) is 4.43. The van der Waals surface area contributed by atoms with Gasteiger partial charge in [-0.2, -0.15) is 0 Å². The number of hydrogen-bond acceptors (Lipinski definition) is 5. The normalized spacial score (nSPS) is 10.7. The summed E-state index contributed by atoms with van der Waals surface area (Å²) in [5.74, 6) is -0.677. The van der Waals surface area contributed by atoms with Gasteiger partial charge in [0.2, 0.25) is 5.91 Å². The largest absolute Gasteiger partial charge is 0.472 e. The number of halogens is 1. The summed E-state index contributed by atoms with van der Waals surface area (Å²) in [5, 5.41) is 2.83. The van der Waals surface area contributed by atoms with Crippen molar-refractivity contribution in [1.29, 1.82) is 0 Å². The van der Waals surface area contributed by atoms with Crippen LogP contribution in [0, 0.1) is 5.82 Å². The zero-order chi connectivity index (χ0) is 16.9. The van der Waals surface area contributed by atoms with Crippen molar-refractivity contribution in [3.63, 3.8) is 0 Å². The highest BCUT2D eigenvalue weighted by Crippen LogP contribution is 2.25. The van der Waals surface area contributed by atoms with Crippen LogP contribution in [0.2, 0.25) is 0 Å². The quantitative estimate of drug-likeness (QED) is 0.712. The molecule has 2 aromatic heterocycles. The van der Waals surface area contributed by atoms with Gasteiger partial charge in [-0.15, -0.1) is 11.3 Å². The molecule has 7 heteroatoms. The summed E-state index contributed by atoms with van der Waals surface area (Å²) < 4.78 is 18.2. The molecule has 0 aliphatic heterocycles. The molecule has 0 aliphatic rings. The minimum Gasteiger partial charge on any atom is -0.472 e. The highest BCUT2D eigenvalue weighted by atomic mass is 32.1. The molecule has 0 aliphatic carbocycles. The molecule has 0 unspecified atom stereocenters. The van der Waals surface area contributed by atoms with Crippen molar-refractivity contribution >= 4 is 22.9 Å². The number of rotatable bonds is 7. The van der Waals surface area contributed by atoms with Crippen LogP contribution in [0.4, 0.5) is 10.1 Å². The Morgan fingerprint density at radius 1 is 1.29 bits per heavy atom. The highest BCUT2D eigenvalue weighted by molar-refractivity contribution is 7.13. The summed E-state index contributed by atoms with van der Waals surface area (Å²) in [7, 11) is 0. The van der Waals surface area contributed by atoms with E-state index in [1.165, 1.54) is 23.5 Å². The number of carbonyl (C=O) groups is 1. The first-order valence-electron chi connectivity index (χ1n) is 7.37. The molecular weight excluding hydrogens is 329 g/mol. The summed E-state index contributed by atoms with van der Waals surface area (Å²) in [4.78, 5) is 17.7. The zero-order valence-electron chi connectivity index (χ0n) is 12.8. The number of anilines is 1. The van der Waals surface area contributed by atoms with Crippen LogP contribution in [-0.4, -0.2) is 17.4 Å². The molecule has 0 radical (unpaired) electrons. The van der Waals surface area contributed by atoms with Crippen LogP contribution in [0.1, 0.15) is 12.1 Å². The number of hydrogen-bond donors (Lipinski definition) is 1. The number of amides is 1. The molecule has 0 saturated heterocycles. The number of aromatic nitrogens is 1. The van der Waals surface area contributed by atoms with E-state index >= 15 is 0 Å². The van der Waals surface area contributed by atoms with Crippen molar-refractivity contribution in [3.05, 3.63) is 59.7 Å². The van der Waals surface area contributed by atoms with E-state index < -0.39 is 0 Å². The molecule has 24 heavy (non-hydrogen) atoms. The number of furan rings is 1. The average molecular weight is 345 g/mol. The lowest BCUT2D eigenvalue weighted by atomic mass is 10.2. The van der Waals surface area contributed by atoms with E-state index in [1.807, 2.05) is 16.3 Å². The smallest absolute Gasteiger partial charge is 0.219 e. The summed E-state index contributed by atoms with van der Waals surface area (Å²) in [6.45, 7) is 0.951. The summed E-state index contributed by atoms with van der Waals surface area (Å²) >= 11 is 1.52. The second kappa shape index (κ2) is 7.27. The Hall–Kier alpha value is -2.67. The maximum atomic E-state index is 13.1. The lowest BCUT2D eigenvalue weighted by molar-refractivity contribution is -0.117. The summed E-state index contributed by atoms with van der Waals surface area (Å²) in [5.41, 5.74) is 7.86. The molecule has 1 amide bonds. The minimum atomic E-state index is -0.375. The van der Waals surface area contributed by atoms with Crippen LogP contribution in [-0.2, 0) is 11.3 Å². The van der Waals surface area contributed by atoms with Crippen LogP contribution in [0.3, 0.4) is 0 Å². The van der Waals surface area contributed by atoms with E-state index in [9.17, 15) is 9.18 Å². The minimum absolute atomic E-state index is 0.218.